The topological polar surface area (TPSA) is 13.1 Å². The molecule has 0 saturated heterocycles. The van der Waals surface area contributed by atoms with Gasteiger partial charge in [-0.3, -0.25) is 0 Å². The molecule has 0 atom stereocenters. The molecule has 0 bridgehead atoms. The second-order valence-electron chi connectivity index (χ2n) is 11.8. The molecular formula is C46H28O. The summed E-state index contributed by atoms with van der Waals surface area (Å²) in [6.07, 6.45) is 0. The van der Waals surface area contributed by atoms with Crippen molar-refractivity contribution in [2.75, 3.05) is 0 Å². The molecule has 0 aliphatic carbocycles. The van der Waals surface area contributed by atoms with Crippen molar-refractivity contribution >= 4 is 65.0 Å². The fourth-order valence-electron chi connectivity index (χ4n) is 7.20. The molecule has 0 fully saturated rings. The van der Waals surface area contributed by atoms with Crippen molar-refractivity contribution in [3.05, 3.63) is 170 Å². The Kier molecular flexibility index (Phi) is 4.19. The number of fused-ring (bicyclic) bond motifs is 8. The first kappa shape index (κ1) is 19.4. The quantitative estimate of drug-likeness (QED) is 0.144. The highest BCUT2D eigenvalue weighted by Gasteiger charge is 2.18. The average molecular weight is 605 g/mol. The highest BCUT2D eigenvalue weighted by molar-refractivity contribution is 6.22. The van der Waals surface area contributed by atoms with Gasteiger partial charge in [0.15, 0.2) is 0 Å². The van der Waals surface area contributed by atoms with Gasteiger partial charge in [0.1, 0.15) is 11.2 Å². The van der Waals surface area contributed by atoms with Crippen molar-refractivity contribution < 1.29 is 15.4 Å². The standard InChI is InChI=1S/C46H28O/c1-2-12-29(13-3-1)45-36-18-8-10-20-38(36)46(39-21-11-9-19-37(39)45)32-23-25-44-42(28-32)41-27-31(22-24-43(41)47-44)40-26-30-14-4-5-15-33(30)34-16-6-7-17-35(34)40/h1-28H/i8D,9D,10D,11D,18D,19D,20D,21D. The van der Waals surface area contributed by atoms with Crippen LogP contribution in [0, 0.1) is 0 Å². The Morgan fingerprint density at radius 1 is 0.362 bits per heavy atom. The molecule has 0 aliphatic rings. The Hall–Kier alpha value is -6.18. The van der Waals surface area contributed by atoms with Crippen molar-refractivity contribution in [1.82, 2.24) is 0 Å². The highest BCUT2D eigenvalue weighted by Crippen LogP contribution is 2.45. The van der Waals surface area contributed by atoms with Crippen LogP contribution in [0.5, 0.6) is 0 Å². The zero-order valence-electron chi connectivity index (χ0n) is 33.0. The van der Waals surface area contributed by atoms with E-state index in [0.717, 1.165) is 38.1 Å². The maximum absolute atomic E-state index is 9.28. The van der Waals surface area contributed by atoms with Gasteiger partial charge in [0.05, 0.1) is 11.0 Å². The third-order valence-electron chi connectivity index (χ3n) is 9.27. The number of furan rings is 1. The maximum atomic E-state index is 9.28. The molecule has 1 aromatic heterocycles. The van der Waals surface area contributed by atoms with Gasteiger partial charge in [-0.15, -0.1) is 0 Å². The molecule has 10 aromatic rings. The van der Waals surface area contributed by atoms with Crippen molar-refractivity contribution in [2.45, 2.75) is 0 Å². The Bertz CT molecular complexity index is 3220. The van der Waals surface area contributed by atoms with Gasteiger partial charge >= 0.3 is 0 Å². The van der Waals surface area contributed by atoms with Crippen LogP contribution in [0.1, 0.15) is 11.0 Å². The Labute approximate surface area is 283 Å². The first-order chi connectivity index (χ1) is 26.6. The van der Waals surface area contributed by atoms with E-state index in [1.807, 2.05) is 48.5 Å². The van der Waals surface area contributed by atoms with Crippen LogP contribution < -0.4 is 0 Å². The van der Waals surface area contributed by atoms with Gasteiger partial charge in [0, 0.05) is 10.8 Å². The first-order valence-electron chi connectivity index (χ1n) is 19.5. The molecule has 1 heteroatoms. The predicted octanol–water partition coefficient (Wildman–Crippen LogP) is 13.2. The van der Waals surface area contributed by atoms with Crippen LogP contribution in [0.15, 0.2) is 174 Å². The molecule has 9 aromatic carbocycles. The third kappa shape index (κ3) is 3.97. The Morgan fingerprint density at radius 3 is 1.53 bits per heavy atom. The van der Waals surface area contributed by atoms with Crippen LogP contribution in [-0.4, -0.2) is 0 Å². The minimum absolute atomic E-state index is 0.179. The minimum atomic E-state index is -0.431. The van der Waals surface area contributed by atoms with Crippen molar-refractivity contribution in [1.29, 1.82) is 0 Å². The molecular weight excluding hydrogens is 569 g/mol. The highest BCUT2D eigenvalue weighted by atomic mass is 16.3. The summed E-state index contributed by atoms with van der Waals surface area (Å²) in [7, 11) is 0. The van der Waals surface area contributed by atoms with E-state index in [1.165, 1.54) is 5.39 Å². The van der Waals surface area contributed by atoms with E-state index >= 15 is 0 Å². The Morgan fingerprint density at radius 2 is 0.872 bits per heavy atom. The molecule has 218 valence electrons. The summed E-state index contributed by atoms with van der Waals surface area (Å²) in [6, 6.07) is 36.7. The van der Waals surface area contributed by atoms with Gasteiger partial charge in [0.2, 0.25) is 0 Å². The molecule has 47 heavy (non-hydrogen) atoms. The van der Waals surface area contributed by atoms with Gasteiger partial charge in [-0.2, -0.15) is 0 Å². The fourth-order valence-corrected chi connectivity index (χ4v) is 7.20. The summed E-state index contributed by atoms with van der Waals surface area (Å²) in [5.74, 6) is 0. The number of rotatable bonds is 3. The van der Waals surface area contributed by atoms with Crippen molar-refractivity contribution in [3.8, 4) is 33.4 Å². The van der Waals surface area contributed by atoms with Crippen LogP contribution in [0.2, 0.25) is 0 Å². The molecule has 0 radical (unpaired) electrons. The molecule has 1 nitrogen and oxygen atoms in total. The maximum Gasteiger partial charge on any atom is 0.135 e. The van der Waals surface area contributed by atoms with E-state index in [9.17, 15) is 5.48 Å². The van der Waals surface area contributed by atoms with Gasteiger partial charge < -0.3 is 4.42 Å². The van der Waals surface area contributed by atoms with Gasteiger partial charge in [-0.05, 0) is 107 Å². The summed E-state index contributed by atoms with van der Waals surface area (Å²) in [5.41, 5.74) is 5.07. The lowest BCUT2D eigenvalue weighted by molar-refractivity contribution is 0.669. The molecule has 10 rings (SSSR count). The molecule has 0 N–H and O–H groups in total. The average Bonchev–Trinajstić information content (AvgIpc) is 3.59. The van der Waals surface area contributed by atoms with E-state index in [2.05, 4.69) is 42.5 Å². The number of hydrogen-bond donors (Lipinski definition) is 0. The zero-order valence-corrected chi connectivity index (χ0v) is 25.0. The smallest absolute Gasteiger partial charge is 0.135 e. The van der Waals surface area contributed by atoms with E-state index < -0.39 is 24.2 Å². The lowest BCUT2D eigenvalue weighted by Gasteiger charge is -2.17. The van der Waals surface area contributed by atoms with Crippen LogP contribution in [0.4, 0.5) is 0 Å². The predicted molar refractivity (Wildman–Crippen MR) is 200 cm³/mol. The molecule has 0 spiro atoms. The number of benzene rings is 9. The monoisotopic (exact) mass is 604 g/mol. The van der Waals surface area contributed by atoms with Crippen LogP contribution in [0.25, 0.3) is 98.4 Å². The van der Waals surface area contributed by atoms with E-state index in [1.54, 1.807) is 30.3 Å². The summed E-state index contributed by atoms with van der Waals surface area (Å²) in [6.45, 7) is 0. The summed E-state index contributed by atoms with van der Waals surface area (Å²) < 4.78 is 78.2. The summed E-state index contributed by atoms with van der Waals surface area (Å²) in [5, 5.41) is 6.91. The van der Waals surface area contributed by atoms with E-state index in [0.29, 0.717) is 33.4 Å². The summed E-state index contributed by atoms with van der Waals surface area (Å²) >= 11 is 0. The molecule has 0 unspecified atom stereocenters. The van der Waals surface area contributed by atoms with Crippen molar-refractivity contribution in [2.24, 2.45) is 0 Å². The van der Waals surface area contributed by atoms with Crippen LogP contribution >= 0.6 is 0 Å². The van der Waals surface area contributed by atoms with E-state index in [-0.39, 0.29) is 45.7 Å². The minimum Gasteiger partial charge on any atom is -0.456 e. The van der Waals surface area contributed by atoms with Gasteiger partial charge in [-0.1, -0.05) is 139 Å². The summed E-state index contributed by atoms with van der Waals surface area (Å²) in [4.78, 5) is 0. The second-order valence-corrected chi connectivity index (χ2v) is 11.8. The van der Waals surface area contributed by atoms with Gasteiger partial charge in [-0.25, -0.2) is 0 Å². The first-order valence-corrected chi connectivity index (χ1v) is 15.5. The lowest BCUT2D eigenvalue weighted by Crippen LogP contribution is -1.90. The zero-order chi connectivity index (χ0) is 37.9. The molecule has 0 amide bonds. The normalized spacial score (nSPS) is 14.2. The fraction of sp³-hybridized carbons (Fsp3) is 0. The van der Waals surface area contributed by atoms with Gasteiger partial charge in [0.25, 0.3) is 0 Å². The Balaban J connectivity index is 1.33. The SMILES string of the molecule is [2H]c1c([2H])c([2H])c2c(-c3ccc4oc5ccc(-c6cc7ccccc7c7ccccc67)cc5c4c3)c3c([2H])c([2H])c([2H])c([2H])c3c(-c3ccccc3)c2c1[2H]. The van der Waals surface area contributed by atoms with Crippen LogP contribution in [0.3, 0.4) is 0 Å². The van der Waals surface area contributed by atoms with Crippen LogP contribution in [-0.2, 0) is 0 Å². The molecule has 0 aliphatic heterocycles. The number of hydrogen-bond acceptors (Lipinski definition) is 1. The van der Waals surface area contributed by atoms with E-state index in [4.69, 9.17) is 9.90 Å². The largest absolute Gasteiger partial charge is 0.456 e. The third-order valence-corrected chi connectivity index (χ3v) is 9.27. The van der Waals surface area contributed by atoms with Crippen molar-refractivity contribution in [3.63, 3.8) is 0 Å². The lowest BCUT2D eigenvalue weighted by atomic mass is 9.86. The molecule has 1 heterocycles. The molecule has 0 saturated carbocycles. The second kappa shape index (κ2) is 10.2.